The van der Waals surface area contributed by atoms with E-state index in [4.69, 9.17) is 4.74 Å². The highest BCUT2D eigenvalue weighted by molar-refractivity contribution is 5.38. The number of ether oxygens (including phenoxy) is 1. The molecule has 1 N–H and O–H groups in total. The van der Waals surface area contributed by atoms with Crippen molar-refractivity contribution >= 4 is 5.69 Å². The smallest absolute Gasteiger partial charge is 0.269 e. The molecule has 0 aliphatic carbocycles. The standard InChI is InChI=1S/C10H9N3O3/c1-7-10(6-11-12-7)16-9-4-2-8(3-5-9)13(14)15/h2-6H,1H3,(H,11,12). The Morgan fingerprint density at radius 1 is 1.38 bits per heavy atom. The number of aromatic nitrogens is 2. The van der Waals surface area contributed by atoms with Gasteiger partial charge in [0.05, 0.1) is 16.8 Å². The fourth-order valence-corrected chi connectivity index (χ4v) is 1.21. The van der Waals surface area contributed by atoms with Crippen molar-refractivity contribution in [3.63, 3.8) is 0 Å². The first-order valence-electron chi connectivity index (χ1n) is 4.59. The molecule has 1 aromatic heterocycles. The number of rotatable bonds is 3. The molecule has 82 valence electrons. The number of nitrogens with one attached hydrogen (secondary N) is 1. The van der Waals surface area contributed by atoms with Gasteiger partial charge in [0.15, 0.2) is 5.75 Å². The van der Waals surface area contributed by atoms with Crippen LogP contribution >= 0.6 is 0 Å². The Balaban J connectivity index is 2.17. The number of H-pyrrole nitrogens is 1. The largest absolute Gasteiger partial charge is 0.454 e. The molecule has 0 saturated heterocycles. The van der Waals surface area contributed by atoms with Gasteiger partial charge in [0.25, 0.3) is 5.69 Å². The second-order valence-electron chi connectivity index (χ2n) is 3.21. The highest BCUT2D eigenvalue weighted by Crippen LogP contribution is 2.24. The Hall–Kier alpha value is -2.37. The van der Waals surface area contributed by atoms with Crippen LogP contribution in [0.25, 0.3) is 0 Å². The Morgan fingerprint density at radius 3 is 2.56 bits per heavy atom. The van der Waals surface area contributed by atoms with Gasteiger partial charge < -0.3 is 4.74 Å². The van der Waals surface area contributed by atoms with Crippen LogP contribution < -0.4 is 4.74 Å². The van der Waals surface area contributed by atoms with Crippen LogP contribution in [0.4, 0.5) is 5.69 Å². The van der Waals surface area contributed by atoms with Crippen molar-refractivity contribution in [1.82, 2.24) is 10.2 Å². The lowest BCUT2D eigenvalue weighted by Gasteiger charge is -2.02. The lowest BCUT2D eigenvalue weighted by atomic mass is 10.3. The number of nitro groups is 1. The zero-order valence-corrected chi connectivity index (χ0v) is 8.51. The van der Waals surface area contributed by atoms with Crippen molar-refractivity contribution in [2.24, 2.45) is 0 Å². The van der Waals surface area contributed by atoms with Crippen LogP contribution in [0.3, 0.4) is 0 Å². The molecule has 0 aliphatic heterocycles. The van der Waals surface area contributed by atoms with E-state index in [1.54, 1.807) is 18.3 Å². The van der Waals surface area contributed by atoms with Gasteiger partial charge in [-0.05, 0) is 19.1 Å². The fourth-order valence-electron chi connectivity index (χ4n) is 1.21. The molecule has 2 rings (SSSR count). The lowest BCUT2D eigenvalue weighted by molar-refractivity contribution is -0.384. The van der Waals surface area contributed by atoms with Gasteiger partial charge in [-0.2, -0.15) is 5.10 Å². The topological polar surface area (TPSA) is 81.0 Å². The summed E-state index contributed by atoms with van der Waals surface area (Å²) in [5.74, 6) is 1.14. The first kappa shape index (κ1) is 10.2. The van der Waals surface area contributed by atoms with Crippen LogP contribution in [-0.2, 0) is 0 Å². The van der Waals surface area contributed by atoms with Gasteiger partial charge in [-0.3, -0.25) is 15.2 Å². The lowest BCUT2D eigenvalue weighted by Crippen LogP contribution is -1.88. The van der Waals surface area contributed by atoms with Crippen LogP contribution in [0.2, 0.25) is 0 Å². The van der Waals surface area contributed by atoms with Gasteiger partial charge >= 0.3 is 0 Å². The highest BCUT2D eigenvalue weighted by atomic mass is 16.6. The zero-order chi connectivity index (χ0) is 11.5. The maximum Gasteiger partial charge on any atom is 0.269 e. The van der Waals surface area contributed by atoms with Crippen LogP contribution in [0, 0.1) is 17.0 Å². The van der Waals surface area contributed by atoms with Crippen molar-refractivity contribution in [1.29, 1.82) is 0 Å². The molecule has 6 heteroatoms. The van der Waals surface area contributed by atoms with E-state index in [1.807, 2.05) is 6.92 Å². The molecule has 0 bridgehead atoms. The summed E-state index contributed by atoms with van der Waals surface area (Å²) >= 11 is 0. The summed E-state index contributed by atoms with van der Waals surface area (Å²) in [6.45, 7) is 1.83. The number of hydrogen-bond acceptors (Lipinski definition) is 4. The predicted molar refractivity (Wildman–Crippen MR) is 56.5 cm³/mol. The number of hydrogen-bond donors (Lipinski definition) is 1. The summed E-state index contributed by atoms with van der Waals surface area (Å²) in [6, 6.07) is 5.88. The van der Waals surface area contributed by atoms with E-state index in [-0.39, 0.29) is 5.69 Å². The van der Waals surface area contributed by atoms with Gasteiger partial charge in [0.1, 0.15) is 5.75 Å². The van der Waals surface area contributed by atoms with Crippen molar-refractivity contribution < 1.29 is 9.66 Å². The molecule has 0 spiro atoms. The summed E-state index contributed by atoms with van der Waals surface area (Å²) in [5, 5.41) is 17.0. The first-order valence-corrected chi connectivity index (χ1v) is 4.59. The second kappa shape index (κ2) is 4.01. The molecule has 0 atom stereocenters. The van der Waals surface area contributed by atoms with Gasteiger partial charge in [0.2, 0.25) is 0 Å². The van der Waals surface area contributed by atoms with Gasteiger partial charge in [-0.25, -0.2) is 0 Å². The molecule has 1 aromatic carbocycles. The van der Waals surface area contributed by atoms with E-state index in [0.29, 0.717) is 11.5 Å². The summed E-state index contributed by atoms with van der Waals surface area (Å²) in [5.41, 5.74) is 0.842. The molecular weight excluding hydrogens is 210 g/mol. The number of aryl methyl sites for hydroxylation is 1. The molecule has 0 amide bonds. The summed E-state index contributed by atoms with van der Waals surface area (Å²) in [7, 11) is 0. The molecule has 16 heavy (non-hydrogen) atoms. The third kappa shape index (κ3) is 2.00. The molecule has 0 fully saturated rings. The molecule has 0 unspecified atom stereocenters. The minimum Gasteiger partial charge on any atom is -0.454 e. The highest BCUT2D eigenvalue weighted by Gasteiger charge is 2.06. The molecule has 6 nitrogen and oxygen atoms in total. The molecule has 2 aromatic rings. The van der Waals surface area contributed by atoms with Crippen LogP contribution in [0.15, 0.2) is 30.5 Å². The number of benzene rings is 1. The van der Waals surface area contributed by atoms with Crippen LogP contribution in [0.5, 0.6) is 11.5 Å². The van der Waals surface area contributed by atoms with Gasteiger partial charge in [-0.1, -0.05) is 0 Å². The third-order valence-corrected chi connectivity index (χ3v) is 2.06. The fraction of sp³-hybridized carbons (Fsp3) is 0.100. The SMILES string of the molecule is Cc1[nH]ncc1Oc1ccc([N+](=O)[O-])cc1. The maximum absolute atomic E-state index is 10.4. The van der Waals surface area contributed by atoms with Crippen LogP contribution in [0.1, 0.15) is 5.69 Å². The summed E-state index contributed by atoms with van der Waals surface area (Å²) < 4.78 is 5.47. The normalized spacial score (nSPS) is 10.1. The monoisotopic (exact) mass is 219 g/mol. The second-order valence-corrected chi connectivity index (χ2v) is 3.21. The van der Waals surface area contributed by atoms with Gasteiger partial charge in [-0.15, -0.1) is 0 Å². The number of aromatic amines is 1. The Bertz CT molecular complexity index is 504. The average Bonchev–Trinajstić information content (AvgIpc) is 2.65. The van der Waals surface area contributed by atoms with Crippen LogP contribution in [-0.4, -0.2) is 15.1 Å². The number of non-ortho nitro benzene ring substituents is 1. The molecule has 0 radical (unpaired) electrons. The minimum atomic E-state index is -0.452. The van der Waals surface area contributed by atoms with E-state index >= 15 is 0 Å². The molecule has 1 heterocycles. The van der Waals surface area contributed by atoms with E-state index < -0.39 is 4.92 Å². The zero-order valence-electron chi connectivity index (χ0n) is 8.51. The number of nitro benzene ring substituents is 1. The Morgan fingerprint density at radius 2 is 2.06 bits per heavy atom. The van der Waals surface area contributed by atoms with Crippen molar-refractivity contribution in [3.8, 4) is 11.5 Å². The van der Waals surface area contributed by atoms with E-state index in [9.17, 15) is 10.1 Å². The van der Waals surface area contributed by atoms with E-state index in [2.05, 4.69) is 10.2 Å². The molecule has 0 saturated carbocycles. The molecular formula is C10H9N3O3. The van der Waals surface area contributed by atoms with Crippen molar-refractivity contribution in [2.45, 2.75) is 6.92 Å². The summed E-state index contributed by atoms with van der Waals surface area (Å²) in [6.07, 6.45) is 1.55. The third-order valence-electron chi connectivity index (χ3n) is 2.06. The van der Waals surface area contributed by atoms with Crippen molar-refractivity contribution in [3.05, 3.63) is 46.3 Å². The summed E-state index contributed by atoms with van der Waals surface area (Å²) in [4.78, 5) is 9.98. The van der Waals surface area contributed by atoms with E-state index in [0.717, 1.165) is 5.69 Å². The quantitative estimate of drug-likeness (QED) is 0.634. The average molecular weight is 219 g/mol. The Kier molecular flexibility index (Phi) is 2.55. The first-order chi connectivity index (χ1) is 7.66. The van der Waals surface area contributed by atoms with Gasteiger partial charge in [0, 0.05) is 12.1 Å². The number of nitrogens with zero attached hydrogens (tertiary/aromatic N) is 2. The minimum absolute atomic E-state index is 0.0382. The maximum atomic E-state index is 10.4. The predicted octanol–water partition coefficient (Wildman–Crippen LogP) is 2.42. The molecule has 0 aliphatic rings. The van der Waals surface area contributed by atoms with Crippen molar-refractivity contribution in [2.75, 3.05) is 0 Å². The Labute approximate surface area is 91.0 Å². The van der Waals surface area contributed by atoms with E-state index in [1.165, 1.54) is 12.1 Å².